The van der Waals surface area contributed by atoms with Gasteiger partial charge in [0.1, 0.15) is 33.5 Å². The van der Waals surface area contributed by atoms with Gasteiger partial charge < -0.3 is 14.4 Å². The van der Waals surface area contributed by atoms with Gasteiger partial charge in [0.05, 0.1) is 5.37 Å². The Hall–Kier alpha value is -3.32. The summed E-state index contributed by atoms with van der Waals surface area (Å²) in [5, 5.41) is 0.0586. The lowest BCUT2D eigenvalue weighted by Crippen LogP contribution is -2.48. The average molecular weight is 527 g/mol. The number of benzene rings is 4. The molecule has 0 saturated carbocycles. The third-order valence-corrected chi connectivity index (χ3v) is 8.05. The van der Waals surface area contributed by atoms with Crippen molar-refractivity contribution in [1.29, 1.82) is 0 Å². The van der Waals surface area contributed by atoms with Crippen LogP contribution in [0.15, 0.2) is 109 Å². The van der Waals surface area contributed by atoms with E-state index in [1.54, 1.807) is 11.8 Å². The Morgan fingerprint density at radius 2 is 1.16 bits per heavy atom. The highest BCUT2D eigenvalue weighted by Gasteiger charge is 2.39. The normalized spacial score (nSPS) is 18.0. The predicted octanol–water partition coefficient (Wildman–Crippen LogP) is 8.64. The molecule has 188 valence electrons. The van der Waals surface area contributed by atoms with Crippen molar-refractivity contribution < 1.29 is 9.47 Å². The summed E-state index contributed by atoms with van der Waals surface area (Å²) in [6.07, 6.45) is -0.00762. The summed E-state index contributed by atoms with van der Waals surface area (Å²) >= 11 is 7.68. The first kappa shape index (κ1) is 25.3. The predicted molar refractivity (Wildman–Crippen MR) is 156 cm³/mol. The van der Waals surface area contributed by atoms with Crippen LogP contribution in [0.5, 0.6) is 23.0 Å². The second-order valence-corrected chi connectivity index (χ2v) is 10.4. The monoisotopic (exact) mass is 526 g/mol. The first-order chi connectivity index (χ1) is 18.2. The van der Waals surface area contributed by atoms with E-state index in [-0.39, 0.29) is 11.5 Å². The van der Waals surface area contributed by atoms with Gasteiger partial charge in [0.15, 0.2) is 0 Å². The zero-order chi connectivity index (χ0) is 25.6. The molecule has 37 heavy (non-hydrogen) atoms. The van der Waals surface area contributed by atoms with E-state index in [1.165, 1.54) is 5.56 Å². The van der Waals surface area contributed by atoms with Gasteiger partial charge in [-0.3, -0.25) is 4.90 Å². The minimum atomic E-state index is -0.00762. The highest BCUT2D eigenvalue weighted by molar-refractivity contribution is 8.23. The Balaban J connectivity index is 1.46. The van der Waals surface area contributed by atoms with Gasteiger partial charge in [0, 0.05) is 6.54 Å². The fourth-order valence-electron chi connectivity index (χ4n) is 4.63. The Kier molecular flexibility index (Phi) is 8.09. The van der Waals surface area contributed by atoms with E-state index in [2.05, 4.69) is 60.0 Å². The van der Waals surface area contributed by atoms with Crippen molar-refractivity contribution in [3.8, 4) is 23.0 Å². The molecular formula is C31H30N2O2S2. The van der Waals surface area contributed by atoms with Gasteiger partial charge in [-0.2, -0.15) is 0 Å². The Bertz CT molecular complexity index is 1330. The molecule has 1 heterocycles. The molecule has 0 bridgehead atoms. The standard InChI is InChI=1S/C31H30N2O2S2/c1-3-32-29(23-13-11-19-27(21-23)34-25-15-7-5-8-16-25)33(4-2)31(36)37-30(32)24-14-12-20-28(22-24)35-26-17-9-6-10-18-26/h5-22,29-30H,3-4H2,1-2H3. The SMILES string of the molecule is CCN1C(=S)SC(c2cccc(Oc3ccccc3)c2)N(CC)C1c1cccc(Oc2ccccc2)c1. The maximum absolute atomic E-state index is 6.17. The van der Waals surface area contributed by atoms with Crippen LogP contribution < -0.4 is 9.47 Å². The van der Waals surface area contributed by atoms with Crippen molar-refractivity contribution in [1.82, 2.24) is 9.80 Å². The second kappa shape index (κ2) is 11.8. The number of thioether (sulfide) groups is 1. The van der Waals surface area contributed by atoms with Gasteiger partial charge in [-0.25, -0.2) is 0 Å². The van der Waals surface area contributed by atoms with Crippen LogP contribution in [0.2, 0.25) is 0 Å². The number of rotatable bonds is 8. The summed E-state index contributed by atoms with van der Waals surface area (Å²) < 4.78 is 13.2. The van der Waals surface area contributed by atoms with Gasteiger partial charge in [0.2, 0.25) is 0 Å². The topological polar surface area (TPSA) is 24.9 Å². The largest absolute Gasteiger partial charge is 0.457 e. The molecule has 1 saturated heterocycles. The smallest absolute Gasteiger partial charge is 0.139 e. The van der Waals surface area contributed by atoms with E-state index in [0.717, 1.165) is 46.0 Å². The zero-order valence-electron chi connectivity index (χ0n) is 21.0. The van der Waals surface area contributed by atoms with Crippen LogP contribution in [0, 0.1) is 0 Å². The molecule has 0 spiro atoms. The quantitative estimate of drug-likeness (QED) is 0.213. The number of para-hydroxylation sites is 2. The first-order valence-corrected chi connectivity index (χ1v) is 13.8. The lowest BCUT2D eigenvalue weighted by atomic mass is 10.1. The zero-order valence-corrected chi connectivity index (χ0v) is 22.6. The summed E-state index contributed by atoms with van der Waals surface area (Å²) in [6, 6.07) is 36.5. The molecule has 6 heteroatoms. The lowest BCUT2D eigenvalue weighted by molar-refractivity contribution is 0.0850. The van der Waals surface area contributed by atoms with Crippen LogP contribution in [0.3, 0.4) is 0 Å². The summed E-state index contributed by atoms with van der Waals surface area (Å²) in [6.45, 7) is 6.04. The van der Waals surface area contributed by atoms with Gasteiger partial charge >= 0.3 is 0 Å². The van der Waals surface area contributed by atoms with Gasteiger partial charge in [0.25, 0.3) is 0 Å². The van der Waals surface area contributed by atoms with Crippen molar-refractivity contribution in [2.45, 2.75) is 25.4 Å². The van der Waals surface area contributed by atoms with Gasteiger partial charge in [-0.15, -0.1) is 0 Å². The summed E-state index contributed by atoms with van der Waals surface area (Å²) in [5.74, 6) is 3.28. The van der Waals surface area contributed by atoms with Crippen molar-refractivity contribution >= 4 is 28.3 Å². The van der Waals surface area contributed by atoms with Crippen LogP contribution in [-0.4, -0.2) is 27.2 Å². The molecule has 0 radical (unpaired) electrons. The van der Waals surface area contributed by atoms with Crippen molar-refractivity contribution in [3.63, 3.8) is 0 Å². The summed E-state index contributed by atoms with van der Waals surface area (Å²) in [5.41, 5.74) is 2.32. The number of hydrogen-bond acceptors (Lipinski definition) is 5. The molecule has 1 aliphatic rings. The minimum absolute atomic E-state index is 0.00762. The number of nitrogens with zero attached hydrogens (tertiary/aromatic N) is 2. The lowest BCUT2D eigenvalue weighted by Gasteiger charge is -2.48. The summed E-state index contributed by atoms with van der Waals surface area (Å²) in [4.78, 5) is 4.79. The molecule has 2 atom stereocenters. The molecule has 1 fully saturated rings. The summed E-state index contributed by atoms with van der Waals surface area (Å²) in [7, 11) is 0. The fourth-order valence-corrected chi connectivity index (χ4v) is 6.37. The molecule has 0 aromatic heterocycles. The van der Waals surface area contributed by atoms with Gasteiger partial charge in [-0.1, -0.05) is 91.6 Å². The Labute approximate surface area is 228 Å². The van der Waals surface area contributed by atoms with Crippen LogP contribution in [-0.2, 0) is 0 Å². The van der Waals surface area contributed by atoms with Crippen molar-refractivity contribution in [3.05, 3.63) is 120 Å². The number of thiocarbonyl (C=S) groups is 1. The van der Waals surface area contributed by atoms with Crippen molar-refractivity contribution in [2.75, 3.05) is 13.1 Å². The maximum Gasteiger partial charge on any atom is 0.139 e. The minimum Gasteiger partial charge on any atom is -0.457 e. The molecule has 0 aliphatic carbocycles. The van der Waals surface area contributed by atoms with E-state index in [1.807, 2.05) is 72.8 Å². The Morgan fingerprint density at radius 3 is 1.70 bits per heavy atom. The molecule has 4 aromatic carbocycles. The molecule has 0 N–H and O–H groups in total. The van der Waals surface area contributed by atoms with E-state index in [9.17, 15) is 0 Å². The third-order valence-electron chi connectivity index (χ3n) is 6.32. The maximum atomic E-state index is 6.17. The Morgan fingerprint density at radius 1 is 0.649 bits per heavy atom. The highest BCUT2D eigenvalue weighted by Crippen LogP contribution is 2.47. The second-order valence-electron chi connectivity index (χ2n) is 8.70. The number of ether oxygens (including phenoxy) is 2. The van der Waals surface area contributed by atoms with E-state index >= 15 is 0 Å². The van der Waals surface area contributed by atoms with Crippen LogP contribution >= 0.6 is 24.0 Å². The molecule has 2 unspecified atom stereocenters. The van der Waals surface area contributed by atoms with E-state index in [0.29, 0.717) is 0 Å². The van der Waals surface area contributed by atoms with Crippen molar-refractivity contribution in [2.24, 2.45) is 0 Å². The number of hydrogen-bond donors (Lipinski definition) is 0. The molecule has 0 amide bonds. The van der Waals surface area contributed by atoms with Gasteiger partial charge in [-0.05, 0) is 73.1 Å². The molecule has 4 nitrogen and oxygen atoms in total. The third kappa shape index (κ3) is 5.82. The molecule has 4 aromatic rings. The molecule has 5 rings (SSSR count). The molecule has 1 aliphatic heterocycles. The fraction of sp³-hybridized carbons (Fsp3) is 0.194. The average Bonchev–Trinajstić information content (AvgIpc) is 2.94. The molecular weight excluding hydrogens is 496 g/mol. The van der Waals surface area contributed by atoms with Crippen LogP contribution in [0.1, 0.15) is 36.5 Å². The van der Waals surface area contributed by atoms with E-state index < -0.39 is 0 Å². The van der Waals surface area contributed by atoms with Crippen LogP contribution in [0.4, 0.5) is 0 Å². The van der Waals surface area contributed by atoms with Crippen LogP contribution in [0.25, 0.3) is 0 Å². The first-order valence-electron chi connectivity index (χ1n) is 12.5. The van der Waals surface area contributed by atoms with E-state index in [4.69, 9.17) is 21.7 Å². The highest BCUT2D eigenvalue weighted by atomic mass is 32.2.